The van der Waals surface area contributed by atoms with Crippen molar-refractivity contribution in [3.05, 3.63) is 35.4 Å². The zero-order valence-electron chi connectivity index (χ0n) is 16.6. The molecule has 146 valence electrons. The minimum atomic E-state index is 0.215. The lowest BCUT2D eigenvalue weighted by Gasteiger charge is -2.31. The van der Waals surface area contributed by atoms with E-state index in [1.807, 2.05) is 0 Å². The molecule has 2 unspecified atom stereocenters. The zero-order chi connectivity index (χ0) is 18.8. The topological polar surface area (TPSA) is 58.1 Å². The largest absolute Gasteiger partial charge is 0.383 e. The fourth-order valence-corrected chi connectivity index (χ4v) is 3.13. The lowest BCUT2D eigenvalue weighted by Crippen LogP contribution is -2.43. The van der Waals surface area contributed by atoms with Crippen molar-refractivity contribution in [2.45, 2.75) is 46.0 Å². The first-order valence-corrected chi connectivity index (χ1v) is 9.56. The summed E-state index contributed by atoms with van der Waals surface area (Å²) in [7, 11) is 1.71. The molecule has 1 fully saturated rings. The number of nitrogens with zero attached hydrogens (tertiary/aromatic N) is 2. The molecule has 0 bridgehead atoms. The Labute approximate surface area is 158 Å². The molecule has 0 spiro atoms. The van der Waals surface area contributed by atoms with Crippen molar-refractivity contribution < 1.29 is 9.47 Å². The van der Waals surface area contributed by atoms with Crippen molar-refractivity contribution in [2.24, 2.45) is 4.99 Å². The fourth-order valence-electron chi connectivity index (χ4n) is 3.13. The number of aliphatic imine (C=N–C) groups is 1. The van der Waals surface area contributed by atoms with E-state index in [2.05, 4.69) is 60.6 Å². The Morgan fingerprint density at radius 1 is 1.42 bits per heavy atom. The van der Waals surface area contributed by atoms with Gasteiger partial charge in [-0.1, -0.05) is 24.3 Å². The smallest absolute Gasteiger partial charge is 0.191 e. The highest BCUT2D eigenvalue weighted by molar-refractivity contribution is 5.80. The van der Waals surface area contributed by atoms with Crippen LogP contribution in [0.3, 0.4) is 0 Å². The summed E-state index contributed by atoms with van der Waals surface area (Å²) in [6.45, 7) is 12.2. The van der Waals surface area contributed by atoms with Crippen LogP contribution in [-0.2, 0) is 22.6 Å². The van der Waals surface area contributed by atoms with Crippen molar-refractivity contribution in [3.8, 4) is 0 Å². The molecule has 0 saturated carbocycles. The second-order valence-corrected chi connectivity index (χ2v) is 6.93. The Bertz CT molecular complexity index is 564. The molecular formula is C20H34N4O2. The number of morpholine rings is 1. The van der Waals surface area contributed by atoms with E-state index in [0.717, 1.165) is 38.7 Å². The summed E-state index contributed by atoms with van der Waals surface area (Å²) in [5.41, 5.74) is 2.55. The molecule has 0 aromatic heterocycles. The van der Waals surface area contributed by atoms with E-state index in [4.69, 9.17) is 14.5 Å². The minimum Gasteiger partial charge on any atom is -0.383 e. The monoisotopic (exact) mass is 362 g/mol. The molecule has 6 nitrogen and oxygen atoms in total. The third-order valence-corrected chi connectivity index (χ3v) is 4.29. The van der Waals surface area contributed by atoms with Crippen LogP contribution in [0.25, 0.3) is 0 Å². The van der Waals surface area contributed by atoms with Gasteiger partial charge in [0, 0.05) is 39.3 Å². The van der Waals surface area contributed by atoms with Crippen molar-refractivity contribution in [3.63, 3.8) is 0 Å². The van der Waals surface area contributed by atoms with E-state index in [9.17, 15) is 0 Å². The number of guanidine groups is 1. The van der Waals surface area contributed by atoms with Crippen LogP contribution in [0.2, 0.25) is 0 Å². The van der Waals surface area contributed by atoms with Gasteiger partial charge in [-0.05, 0) is 31.9 Å². The van der Waals surface area contributed by atoms with Crippen LogP contribution in [0.1, 0.15) is 31.9 Å². The number of nitrogens with one attached hydrogen (secondary N) is 2. The molecule has 0 aliphatic carbocycles. The van der Waals surface area contributed by atoms with E-state index in [1.165, 1.54) is 11.1 Å². The fraction of sp³-hybridized carbons (Fsp3) is 0.650. The standard InChI is InChI=1S/C20H34N4O2/c1-5-21-20(23-16(2)15-25-4)22-12-18-7-6-8-19(11-18)14-24-9-10-26-17(3)13-24/h6-8,11,16-17H,5,9-10,12-15H2,1-4H3,(H2,21,22,23). The summed E-state index contributed by atoms with van der Waals surface area (Å²) in [4.78, 5) is 7.16. The van der Waals surface area contributed by atoms with Crippen LogP contribution in [0.15, 0.2) is 29.3 Å². The van der Waals surface area contributed by atoms with Gasteiger partial charge in [-0.15, -0.1) is 0 Å². The van der Waals surface area contributed by atoms with Crippen LogP contribution in [0.5, 0.6) is 0 Å². The predicted octanol–water partition coefficient (Wildman–Crippen LogP) is 2.00. The molecule has 1 heterocycles. The van der Waals surface area contributed by atoms with E-state index in [0.29, 0.717) is 19.3 Å². The first kappa shape index (κ1) is 20.7. The average molecular weight is 363 g/mol. The summed E-state index contributed by atoms with van der Waals surface area (Å²) in [6, 6.07) is 8.92. The molecule has 1 aromatic carbocycles. The highest BCUT2D eigenvalue weighted by Crippen LogP contribution is 2.12. The van der Waals surface area contributed by atoms with Crippen molar-refractivity contribution in [1.29, 1.82) is 0 Å². The first-order valence-electron chi connectivity index (χ1n) is 9.56. The number of ether oxygens (including phenoxy) is 2. The maximum absolute atomic E-state index is 5.62. The summed E-state index contributed by atoms with van der Waals surface area (Å²) in [5.74, 6) is 0.824. The molecule has 1 aromatic rings. The van der Waals surface area contributed by atoms with Crippen molar-refractivity contribution >= 4 is 5.96 Å². The first-order chi connectivity index (χ1) is 12.6. The van der Waals surface area contributed by atoms with Crippen LogP contribution in [-0.4, -0.2) is 63.0 Å². The molecule has 26 heavy (non-hydrogen) atoms. The summed E-state index contributed by atoms with van der Waals surface area (Å²) >= 11 is 0. The van der Waals surface area contributed by atoms with Gasteiger partial charge in [-0.25, -0.2) is 4.99 Å². The van der Waals surface area contributed by atoms with Gasteiger partial charge in [0.05, 0.1) is 25.9 Å². The van der Waals surface area contributed by atoms with Gasteiger partial charge in [-0.2, -0.15) is 0 Å². The van der Waals surface area contributed by atoms with Gasteiger partial charge >= 0.3 is 0 Å². The third-order valence-electron chi connectivity index (χ3n) is 4.29. The molecule has 1 aliphatic rings. The highest BCUT2D eigenvalue weighted by atomic mass is 16.5. The molecule has 2 rings (SSSR count). The Hall–Kier alpha value is -1.63. The lowest BCUT2D eigenvalue weighted by molar-refractivity contribution is -0.0212. The van der Waals surface area contributed by atoms with Gasteiger partial charge in [-0.3, -0.25) is 4.90 Å². The lowest BCUT2D eigenvalue weighted by atomic mass is 10.1. The SMILES string of the molecule is CCNC(=NCc1cccc(CN2CCOC(C)C2)c1)NC(C)COC. The summed E-state index contributed by atoms with van der Waals surface area (Å²) < 4.78 is 10.8. The van der Waals surface area contributed by atoms with Crippen molar-refractivity contribution in [2.75, 3.05) is 40.0 Å². The molecule has 2 atom stereocenters. The van der Waals surface area contributed by atoms with Gasteiger partial charge in [0.25, 0.3) is 0 Å². The summed E-state index contributed by atoms with van der Waals surface area (Å²) in [6.07, 6.45) is 0.319. The van der Waals surface area contributed by atoms with Gasteiger partial charge in [0.2, 0.25) is 0 Å². The second-order valence-electron chi connectivity index (χ2n) is 6.93. The zero-order valence-corrected chi connectivity index (χ0v) is 16.6. The number of hydrogen-bond donors (Lipinski definition) is 2. The molecule has 2 N–H and O–H groups in total. The average Bonchev–Trinajstić information content (AvgIpc) is 2.60. The molecule has 1 aliphatic heterocycles. The minimum absolute atomic E-state index is 0.215. The quantitative estimate of drug-likeness (QED) is 0.547. The van der Waals surface area contributed by atoms with E-state index < -0.39 is 0 Å². The Kier molecular flexibility index (Phi) is 8.88. The molecule has 0 amide bonds. The van der Waals surface area contributed by atoms with Gasteiger partial charge in [0.1, 0.15) is 0 Å². The molecule has 1 saturated heterocycles. The predicted molar refractivity (Wildman–Crippen MR) is 106 cm³/mol. The molecule has 6 heteroatoms. The summed E-state index contributed by atoms with van der Waals surface area (Å²) in [5, 5.41) is 6.65. The van der Waals surface area contributed by atoms with E-state index in [-0.39, 0.29) is 6.04 Å². The van der Waals surface area contributed by atoms with Crippen LogP contribution >= 0.6 is 0 Å². The number of hydrogen-bond acceptors (Lipinski definition) is 4. The normalized spacial score (nSPS) is 20.0. The van der Waals surface area contributed by atoms with Gasteiger partial charge < -0.3 is 20.1 Å². The van der Waals surface area contributed by atoms with Crippen LogP contribution in [0, 0.1) is 0 Å². The van der Waals surface area contributed by atoms with E-state index >= 15 is 0 Å². The Morgan fingerprint density at radius 3 is 2.96 bits per heavy atom. The Morgan fingerprint density at radius 2 is 2.23 bits per heavy atom. The second kappa shape index (κ2) is 11.2. The maximum Gasteiger partial charge on any atom is 0.191 e. The van der Waals surface area contributed by atoms with Gasteiger partial charge in [0.15, 0.2) is 5.96 Å². The van der Waals surface area contributed by atoms with E-state index in [1.54, 1.807) is 7.11 Å². The number of benzene rings is 1. The highest BCUT2D eigenvalue weighted by Gasteiger charge is 2.16. The third kappa shape index (κ3) is 7.32. The molecular weight excluding hydrogens is 328 g/mol. The number of rotatable bonds is 8. The van der Waals surface area contributed by atoms with Crippen molar-refractivity contribution in [1.82, 2.24) is 15.5 Å². The Balaban J connectivity index is 1.94. The van der Waals surface area contributed by atoms with Crippen LogP contribution in [0.4, 0.5) is 0 Å². The van der Waals surface area contributed by atoms with Crippen LogP contribution < -0.4 is 10.6 Å². The maximum atomic E-state index is 5.62. The molecule has 0 radical (unpaired) electrons. The number of methoxy groups -OCH3 is 1.